The van der Waals surface area contributed by atoms with E-state index in [1.807, 2.05) is 54.6 Å². The van der Waals surface area contributed by atoms with Gasteiger partial charge < -0.3 is 15.4 Å². The van der Waals surface area contributed by atoms with Gasteiger partial charge in [0.2, 0.25) is 0 Å². The predicted octanol–water partition coefficient (Wildman–Crippen LogP) is 5.05. The fourth-order valence-corrected chi connectivity index (χ4v) is 3.62. The molecule has 3 aromatic rings. The third-order valence-corrected chi connectivity index (χ3v) is 5.20. The van der Waals surface area contributed by atoms with E-state index < -0.39 is 0 Å². The molecule has 0 radical (unpaired) electrons. The highest BCUT2D eigenvalue weighted by Crippen LogP contribution is 2.22. The molecule has 30 heavy (non-hydrogen) atoms. The number of carbonyl (C=O) groups is 1. The van der Waals surface area contributed by atoms with Gasteiger partial charge in [-0.2, -0.15) is 0 Å². The van der Waals surface area contributed by atoms with Gasteiger partial charge in [-0.25, -0.2) is 9.97 Å². The Hall–Kier alpha value is -3.41. The van der Waals surface area contributed by atoms with Crippen molar-refractivity contribution in [3.05, 3.63) is 78.2 Å². The summed E-state index contributed by atoms with van der Waals surface area (Å²) in [6, 6.07) is 19.5. The van der Waals surface area contributed by atoms with Crippen molar-refractivity contribution in [2.45, 2.75) is 44.8 Å². The Labute approximate surface area is 176 Å². The number of nitrogens with zero attached hydrogens (tertiary/aromatic N) is 2. The van der Waals surface area contributed by atoms with Crippen LogP contribution < -0.4 is 15.4 Å². The fourth-order valence-electron chi connectivity index (χ4n) is 3.62. The lowest BCUT2D eigenvalue weighted by atomic mass is 9.95. The Morgan fingerprint density at radius 2 is 1.80 bits per heavy atom. The van der Waals surface area contributed by atoms with E-state index in [0.717, 1.165) is 18.4 Å². The highest BCUT2D eigenvalue weighted by atomic mass is 16.5. The summed E-state index contributed by atoms with van der Waals surface area (Å²) in [6.07, 6.45) is 7.48. The van der Waals surface area contributed by atoms with Crippen molar-refractivity contribution in [3.63, 3.8) is 0 Å². The SMILES string of the molecule is O=C(Nc1cccc(OCc2ccccc2)c1)c1cc(NC2CCCCC2)ncn1. The second kappa shape index (κ2) is 9.87. The van der Waals surface area contributed by atoms with Gasteiger partial charge in [-0.05, 0) is 30.5 Å². The summed E-state index contributed by atoms with van der Waals surface area (Å²) in [5.41, 5.74) is 2.08. The maximum atomic E-state index is 12.7. The number of nitrogens with one attached hydrogen (secondary N) is 2. The molecule has 1 aromatic heterocycles. The van der Waals surface area contributed by atoms with E-state index in [-0.39, 0.29) is 5.91 Å². The molecule has 1 aliphatic rings. The molecule has 1 aliphatic carbocycles. The number of amides is 1. The molecule has 0 saturated heterocycles. The fraction of sp³-hybridized carbons (Fsp3) is 0.292. The summed E-state index contributed by atoms with van der Waals surface area (Å²) in [6.45, 7) is 0.473. The third kappa shape index (κ3) is 5.56. The van der Waals surface area contributed by atoms with Crippen LogP contribution in [0.3, 0.4) is 0 Å². The first-order valence-corrected chi connectivity index (χ1v) is 10.4. The van der Waals surface area contributed by atoms with Crippen LogP contribution in [-0.2, 0) is 6.61 Å². The Kier molecular flexibility index (Phi) is 6.54. The number of hydrogen-bond acceptors (Lipinski definition) is 5. The largest absolute Gasteiger partial charge is 0.489 e. The third-order valence-electron chi connectivity index (χ3n) is 5.20. The molecule has 154 valence electrons. The first-order chi connectivity index (χ1) is 14.8. The Bertz CT molecular complexity index is 972. The van der Waals surface area contributed by atoms with E-state index in [9.17, 15) is 4.79 Å². The second-order valence-corrected chi connectivity index (χ2v) is 7.52. The van der Waals surface area contributed by atoms with Gasteiger partial charge in [0.25, 0.3) is 5.91 Å². The van der Waals surface area contributed by atoms with Crippen molar-refractivity contribution in [3.8, 4) is 5.75 Å². The minimum absolute atomic E-state index is 0.274. The van der Waals surface area contributed by atoms with Crippen LogP contribution in [0.15, 0.2) is 67.0 Å². The van der Waals surface area contributed by atoms with Crippen LogP contribution in [-0.4, -0.2) is 21.9 Å². The van der Waals surface area contributed by atoms with Crippen LogP contribution in [0, 0.1) is 0 Å². The zero-order chi connectivity index (χ0) is 20.6. The lowest BCUT2D eigenvalue weighted by Gasteiger charge is -2.23. The maximum absolute atomic E-state index is 12.7. The number of aromatic nitrogens is 2. The molecule has 0 atom stereocenters. The van der Waals surface area contributed by atoms with E-state index in [1.165, 1.54) is 25.6 Å². The monoisotopic (exact) mass is 402 g/mol. The van der Waals surface area contributed by atoms with Crippen molar-refractivity contribution in [2.75, 3.05) is 10.6 Å². The summed E-state index contributed by atoms with van der Waals surface area (Å²) >= 11 is 0. The molecule has 1 fully saturated rings. The molecule has 0 spiro atoms. The van der Waals surface area contributed by atoms with E-state index in [1.54, 1.807) is 6.07 Å². The zero-order valence-corrected chi connectivity index (χ0v) is 16.9. The summed E-state index contributed by atoms with van der Waals surface area (Å²) in [5, 5.41) is 6.32. The lowest BCUT2D eigenvalue weighted by Crippen LogP contribution is -2.23. The number of rotatable bonds is 7. The number of carbonyl (C=O) groups excluding carboxylic acids is 1. The number of benzene rings is 2. The van der Waals surface area contributed by atoms with Crippen LogP contribution >= 0.6 is 0 Å². The quantitative estimate of drug-likeness (QED) is 0.578. The zero-order valence-electron chi connectivity index (χ0n) is 16.9. The molecule has 0 unspecified atom stereocenters. The molecule has 6 nitrogen and oxygen atoms in total. The van der Waals surface area contributed by atoms with Gasteiger partial charge in [0.1, 0.15) is 30.2 Å². The van der Waals surface area contributed by atoms with Crippen LogP contribution in [0.25, 0.3) is 0 Å². The molecule has 0 aliphatic heterocycles. The van der Waals surface area contributed by atoms with Gasteiger partial charge in [-0.15, -0.1) is 0 Å². The van der Waals surface area contributed by atoms with Crippen LogP contribution in [0.5, 0.6) is 5.75 Å². The first-order valence-electron chi connectivity index (χ1n) is 10.4. The highest BCUT2D eigenvalue weighted by molar-refractivity contribution is 6.03. The molecule has 1 amide bonds. The summed E-state index contributed by atoms with van der Waals surface area (Å²) in [4.78, 5) is 21.1. The average molecular weight is 402 g/mol. The normalized spacial score (nSPS) is 14.1. The smallest absolute Gasteiger partial charge is 0.274 e. The number of hydrogen-bond donors (Lipinski definition) is 2. The van der Waals surface area contributed by atoms with Gasteiger partial charge in [0.15, 0.2) is 0 Å². The minimum Gasteiger partial charge on any atom is -0.489 e. The molecular weight excluding hydrogens is 376 g/mol. The van der Waals surface area contributed by atoms with Gasteiger partial charge in [-0.3, -0.25) is 4.79 Å². The average Bonchev–Trinajstić information content (AvgIpc) is 2.79. The van der Waals surface area contributed by atoms with Crippen molar-refractivity contribution in [2.24, 2.45) is 0 Å². The maximum Gasteiger partial charge on any atom is 0.274 e. The predicted molar refractivity (Wildman–Crippen MR) is 118 cm³/mol. The number of ether oxygens (including phenoxy) is 1. The molecule has 4 rings (SSSR count). The molecule has 1 saturated carbocycles. The van der Waals surface area contributed by atoms with Crippen molar-refractivity contribution >= 4 is 17.4 Å². The summed E-state index contributed by atoms with van der Waals surface area (Å²) < 4.78 is 5.84. The molecule has 1 heterocycles. The Balaban J connectivity index is 1.37. The standard InChI is InChI=1S/C24H26N4O2/c29-24(22-15-23(26-17-25-22)27-19-10-5-2-6-11-19)28-20-12-7-13-21(14-20)30-16-18-8-3-1-4-9-18/h1,3-4,7-9,12-15,17,19H,2,5-6,10-11,16H2,(H,28,29)(H,25,26,27). The van der Waals surface area contributed by atoms with Crippen molar-refractivity contribution in [1.82, 2.24) is 9.97 Å². The second-order valence-electron chi connectivity index (χ2n) is 7.52. The number of anilines is 2. The Morgan fingerprint density at radius 3 is 2.63 bits per heavy atom. The van der Waals surface area contributed by atoms with Gasteiger partial charge in [0.05, 0.1) is 0 Å². The van der Waals surface area contributed by atoms with Crippen molar-refractivity contribution < 1.29 is 9.53 Å². The van der Waals surface area contributed by atoms with Gasteiger partial charge >= 0.3 is 0 Å². The summed E-state index contributed by atoms with van der Waals surface area (Å²) in [5.74, 6) is 1.12. The van der Waals surface area contributed by atoms with Crippen molar-refractivity contribution in [1.29, 1.82) is 0 Å². The molecule has 0 bridgehead atoms. The van der Waals surface area contributed by atoms with Crippen LogP contribution in [0.1, 0.15) is 48.2 Å². The van der Waals surface area contributed by atoms with E-state index in [4.69, 9.17) is 4.74 Å². The lowest BCUT2D eigenvalue weighted by molar-refractivity contribution is 0.102. The molecule has 2 aromatic carbocycles. The van der Waals surface area contributed by atoms with E-state index in [2.05, 4.69) is 20.6 Å². The molecular formula is C24H26N4O2. The van der Waals surface area contributed by atoms with Crippen LogP contribution in [0.4, 0.5) is 11.5 Å². The van der Waals surface area contributed by atoms with Gasteiger partial charge in [-0.1, -0.05) is 55.7 Å². The van der Waals surface area contributed by atoms with E-state index >= 15 is 0 Å². The topological polar surface area (TPSA) is 76.1 Å². The molecule has 2 N–H and O–H groups in total. The Morgan fingerprint density at radius 1 is 0.967 bits per heavy atom. The minimum atomic E-state index is -0.274. The van der Waals surface area contributed by atoms with E-state index in [0.29, 0.717) is 35.6 Å². The summed E-state index contributed by atoms with van der Waals surface area (Å²) in [7, 11) is 0. The molecule has 6 heteroatoms. The van der Waals surface area contributed by atoms with Crippen LogP contribution in [0.2, 0.25) is 0 Å². The highest BCUT2D eigenvalue weighted by Gasteiger charge is 2.15. The first kappa shape index (κ1) is 19.9. The van der Waals surface area contributed by atoms with Gasteiger partial charge in [0, 0.05) is 23.9 Å².